The standard InChI is InChI=1S/C12H20N2O3S/c1-3-13-8-9-18(15,16)14-12-7-5-4-6-11(12)10-17-2/h4-7,13-14H,3,8-10H2,1-2H3. The Balaban J connectivity index is 2.71. The number of para-hydroxylation sites is 1. The third-order valence-corrected chi connectivity index (χ3v) is 3.65. The molecule has 1 aromatic rings. The molecule has 1 aromatic carbocycles. The second-order valence-electron chi connectivity index (χ2n) is 3.86. The van der Waals surface area contributed by atoms with Crippen molar-refractivity contribution in [2.24, 2.45) is 0 Å². The second-order valence-corrected chi connectivity index (χ2v) is 5.71. The zero-order valence-electron chi connectivity index (χ0n) is 10.8. The molecule has 0 aliphatic rings. The normalized spacial score (nSPS) is 11.4. The van der Waals surface area contributed by atoms with E-state index in [9.17, 15) is 8.42 Å². The number of ether oxygens (including phenoxy) is 1. The largest absolute Gasteiger partial charge is 0.380 e. The van der Waals surface area contributed by atoms with Gasteiger partial charge in [0.15, 0.2) is 0 Å². The summed E-state index contributed by atoms with van der Waals surface area (Å²) in [6.07, 6.45) is 0. The molecule has 0 saturated heterocycles. The Kier molecular flexibility index (Phi) is 6.11. The van der Waals surface area contributed by atoms with Crippen LogP contribution in [0.3, 0.4) is 0 Å². The first-order valence-electron chi connectivity index (χ1n) is 5.87. The number of hydrogen-bond acceptors (Lipinski definition) is 4. The molecule has 0 spiro atoms. The highest BCUT2D eigenvalue weighted by Crippen LogP contribution is 2.17. The fourth-order valence-corrected chi connectivity index (χ4v) is 2.55. The number of methoxy groups -OCH3 is 1. The van der Waals surface area contributed by atoms with Crippen LogP contribution in [0.5, 0.6) is 0 Å². The molecule has 0 atom stereocenters. The Bertz CT molecular complexity index is 460. The summed E-state index contributed by atoms with van der Waals surface area (Å²) in [6, 6.07) is 7.22. The Morgan fingerprint density at radius 3 is 2.67 bits per heavy atom. The van der Waals surface area contributed by atoms with Crippen molar-refractivity contribution in [2.45, 2.75) is 13.5 Å². The highest BCUT2D eigenvalue weighted by atomic mass is 32.2. The van der Waals surface area contributed by atoms with Crippen LogP contribution in [0.4, 0.5) is 5.69 Å². The topological polar surface area (TPSA) is 67.4 Å². The summed E-state index contributed by atoms with van der Waals surface area (Å²) in [4.78, 5) is 0. The van der Waals surface area contributed by atoms with E-state index in [0.717, 1.165) is 12.1 Å². The van der Waals surface area contributed by atoms with Crippen LogP contribution < -0.4 is 10.0 Å². The molecule has 18 heavy (non-hydrogen) atoms. The van der Waals surface area contributed by atoms with Gasteiger partial charge in [0.2, 0.25) is 10.0 Å². The fourth-order valence-electron chi connectivity index (χ4n) is 1.50. The van der Waals surface area contributed by atoms with E-state index in [1.54, 1.807) is 19.2 Å². The Hall–Kier alpha value is -1.11. The monoisotopic (exact) mass is 272 g/mol. The van der Waals surface area contributed by atoms with Crippen molar-refractivity contribution in [2.75, 3.05) is 30.7 Å². The average Bonchev–Trinajstić information content (AvgIpc) is 2.32. The maximum atomic E-state index is 11.8. The van der Waals surface area contributed by atoms with E-state index in [0.29, 0.717) is 18.8 Å². The van der Waals surface area contributed by atoms with Gasteiger partial charge in [-0.05, 0) is 12.6 Å². The lowest BCUT2D eigenvalue weighted by Gasteiger charge is -2.12. The second kappa shape index (κ2) is 7.35. The molecule has 0 bridgehead atoms. The van der Waals surface area contributed by atoms with Gasteiger partial charge in [0, 0.05) is 19.2 Å². The van der Waals surface area contributed by atoms with E-state index in [1.807, 2.05) is 19.1 Å². The molecular weight excluding hydrogens is 252 g/mol. The van der Waals surface area contributed by atoms with Gasteiger partial charge in [-0.2, -0.15) is 0 Å². The average molecular weight is 272 g/mol. The third-order valence-electron chi connectivity index (χ3n) is 2.38. The molecule has 0 amide bonds. The van der Waals surface area contributed by atoms with E-state index >= 15 is 0 Å². The zero-order valence-corrected chi connectivity index (χ0v) is 11.6. The van der Waals surface area contributed by atoms with Gasteiger partial charge in [-0.1, -0.05) is 25.1 Å². The van der Waals surface area contributed by atoms with Gasteiger partial charge in [0.25, 0.3) is 0 Å². The lowest BCUT2D eigenvalue weighted by Crippen LogP contribution is -2.26. The van der Waals surface area contributed by atoms with Crippen molar-refractivity contribution < 1.29 is 13.2 Å². The minimum absolute atomic E-state index is 0.0577. The van der Waals surface area contributed by atoms with Gasteiger partial charge in [-0.3, -0.25) is 4.72 Å². The Morgan fingerprint density at radius 1 is 1.28 bits per heavy atom. The minimum Gasteiger partial charge on any atom is -0.380 e. The van der Waals surface area contributed by atoms with Crippen LogP contribution in [0.1, 0.15) is 12.5 Å². The molecule has 2 N–H and O–H groups in total. The predicted molar refractivity (Wildman–Crippen MR) is 73.1 cm³/mol. The van der Waals surface area contributed by atoms with Crippen molar-refractivity contribution in [1.29, 1.82) is 0 Å². The fraction of sp³-hybridized carbons (Fsp3) is 0.500. The van der Waals surface area contributed by atoms with Crippen LogP contribution in [-0.2, 0) is 21.4 Å². The summed E-state index contributed by atoms with van der Waals surface area (Å²) < 4.78 is 31.3. The van der Waals surface area contributed by atoms with Gasteiger partial charge >= 0.3 is 0 Å². The minimum atomic E-state index is -3.32. The predicted octanol–water partition coefficient (Wildman–Crippen LogP) is 1.18. The first kappa shape index (κ1) is 14.9. The molecule has 5 nitrogen and oxygen atoms in total. The molecule has 0 radical (unpaired) electrons. The quantitative estimate of drug-likeness (QED) is 0.697. The number of sulfonamides is 1. The van der Waals surface area contributed by atoms with Crippen LogP contribution in [-0.4, -0.2) is 34.4 Å². The summed E-state index contributed by atoms with van der Waals surface area (Å²) in [7, 11) is -1.74. The molecule has 0 aromatic heterocycles. The lowest BCUT2D eigenvalue weighted by molar-refractivity contribution is 0.185. The van der Waals surface area contributed by atoms with E-state index in [4.69, 9.17) is 4.74 Å². The molecule has 0 aliphatic heterocycles. The first-order chi connectivity index (χ1) is 8.59. The maximum Gasteiger partial charge on any atom is 0.233 e. The van der Waals surface area contributed by atoms with E-state index in [1.165, 1.54) is 0 Å². The molecule has 0 saturated carbocycles. The number of nitrogens with one attached hydrogen (secondary N) is 2. The van der Waals surface area contributed by atoms with E-state index < -0.39 is 10.0 Å². The number of anilines is 1. The van der Waals surface area contributed by atoms with Crippen LogP contribution in [0.25, 0.3) is 0 Å². The highest BCUT2D eigenvalue weighted by molar-refractivity contribution is 7.92. The van der Waals surface area contributed by atoms with Crippen molar-refractivity contribution in [3.8, 4) is 0 Å². The van der Waals surface area contributed by atoms with Crippen LogP contribution in [0.15, 0.2) is 24.3 Å². The molecule has 0 fully saturated rings. The van der Waals surface area contributed by atoms with Gasteiger partial charge in [-0.25, -0.2) is 8.42 Å². The third kappa shape index (κ3) is 5.03. The Labute approximate surface area is 109 Å². The van der Waals surface area contributed by atoms with Crippen molar-refractivity contribution >= 4 is 15.7 Å². The van der Waals surface area contributed by atoms with Gasteiger partial charge in [-0.15, -0.1) is 0 Å². The summed E-state index contributed by atoms with van der Waals surface area (Å²) >= 11 is 0. The molecule has 102 valence electrons. The van der Waals surface area contributed by atoms with Crippen LogP contribution in [0.2, 0.25) is 0 Å². The molecule has 0 heterocycles. The zero-order chi connectivity index (χ0) is 13.4. The molecular formula is C12H20N2O3S. The summed E-state index contributed by atoms with van der Waals surface area (Å²) in [5, 5.41) is 2.99. The van der Waals surface area contributed by atoms with Gasteiger partial charge < -0.3 is 10.1 Å². The Morgan fingerprint density at radius 2 is 2.00 bits per heavy atom. The first-order valence-corrected chi connectivity index (χ1v) is 7.52. The molecule has 0 unspecified atom stereocenters. The smallest absolute Gasteiger partial charge is 0.233 e. The van der Waals surface area contributed by atoms with Crippen LogP contribution >= 0.6 is 0 Å². The SMILES string of the molecule is CCNCCS(=O)(=O)Nc1ccccc1COC. The highest BCUT2D eigenvalue weighted by Gasteiger charge is 2.11. The van der Waals surface area contributed by atoms with Gasteiger partial charge in [0.1, 0.15) is 0 Å². The van der Waals surface area contributed by atoms with Crippen LogP contribution in [0, 0.1) is 0 Å². The van der Waals surface area contributed by atoms with Crippen molar-refractivity contribution in [3.63, 3.8) is 0 Å². The van der Waals surface area contributed by atoms with Gasteiger partial charge in [0.05, 0.1) is 18.0 Å². The molecule has 1 rings (SSSR count). The maximum absolute atomic E-state index is 11.8. The lowest BCUT2D eigenvalue weighted by atomic mass is 10.2. The van der Waals surface area contributed by atoms with Crippen molar-refractivity contribution in [3.05, 3.63) is 29.8 Å². The summed E-state index contributed by atoms with van der Waals surface area (Å²) in [5.74, 6) is 0.0577. The molecule has 6 heteroatoms. The summed E-state index contributed by atoms with van der Waals surface area (Å²) in [5.41, 5.74) is 1.41. The summed E-state index contributed by atoms with van der Waals surface area (Å²) in [6.45, 7) is 3.52. The number of hydrogen-bond donors (Lipinski definition) is 2. The number of benzene rings is 1. The van der Waals surface area contributed by atoms with E-state index in [-0.39, 0.29) is 5.75 Å². The number of rotatable bonds is 8. The molecule has 0 aliphatic carbocycles. The van der Waals surface area contributed by atoms with Crippen molar-refractivity contribution in [1.82, 2.24) is 5.32 Å². The van der Waals surface area contributed by atoms with E-state index in [2.05, 4.69) is 10.0 Å².